The van der Waals surface area contributed by atoms with Crippen LogP contribution in [0.1, 0.15) is 45.2 Å². The van der Waals surface area contributed by atoms with Crippen LogP contribution >= 0.6 is 0 Å². The first kappa shape index (κ1) is 27.1. The first-order valence-electron chi connectivity index (χ1n) is 12.5. The van der Waals surface area contributed by atoms with Crippen molar-refractivity contribution in [3.8, 4) is 11.4 Å². The van der Waals surface area contributed by atoms with Gasteiger partial charge in [0.2, 0.25) is 29.7 Å². The highest BCUT2D eigenvalue weighted by Gasteiger charge is 2.28. The van der Waals surface area contributed by atoms with E-state index in [-0.39, 0.29) is 47.0 Å². The van der Waals surface area contributed by atoms with Gasteiger partial charge in [0.15, 0.2) is 5.82 Å². The monoisotopic (exact) mass is 530 g/mol. The van der Waals surface area contributed by atoms with Crippen LogP contribution in [0.25, 0.3) is 11.4 Å². The lowest BCUT2D eigenvalue weighted by molar-refractivity contribution is -0.133. The number of rotatable bonds is 6. The van der Waals surface area contributed by atoms with Crippen LogP contribution in [0.3, 0.4) is 0 Å². The Kier molecular flexibility index (Phi) is 8.27. The predicted octanol–water partition coefficient (Wildman–Crippen LogP) is 1.67. The maximum absolute atomic E-state index is 13.5. The Hall–Kier alpha value is -3.97. The van der Waals surface area contributed by atoms with E-state index < -0.39 is 12.1 Å². The maximum Gasteiger partial charge on any atom is 0.281 e. The number of nitrogen functional groups attached to an aromatic ring is 2. The maximum atomic E-state index is 13.5. The highest BCUT2D eigenvalue weighted by molar-refractivity contribution is 5.88. The van der Waals surface area contributed by atoms with Crippen molar-refractivity contribution in [2.24, 2.45) is 5.92 Å². The molecule has 0 radical (unpaired) electrons. The van der Waals surface area contributed by atoms with Gasteiger partial charge in [0, 0.05) is 58.0 Å². The molecule has 38 heavy (non-hydrogen) atoms. The molecule has 4 N–H and O–H groups in total. The van der Waals surface area contributed by atoms with Gasteiger partial charge in [0.1, 0.15) is 5.69 Å². The number of halogens is 2. The summed E-state index contributed by atoms with van der Waals surface area (Å²) in [4.78, 5) is 50.5. The van der Waals surface area contributed by atoms with Gasteiger partial charge in [0.05, 0.1) is 5.56 Å². The molecule has 4 rings (SSSR count). The Labute approximate surface area is 219 Å². The number of aromatic nitrogens is 5. The smallest absolute Gasteiger partial charge is 0.281 e. The molecule has 2 saturated heterocycles. The molecule has 0 atom stereocenters. The summed E-state index contributed by atoms with van der Waals surface area (Å²) < 4.78 is 27.0. The van der Waals surface area contributed by atoms with E-state index in [1.54, 1.807) is 6.08 Å². The van der Waals surface area contributed by atoms with Gasteiger partial charge in [-0.15, -0.1) is 0 Å². The molecule has 0 bridgehead atoms. The molecule has 2 aromatic rings. The quantitative estimate of drug-likeness (QED) is 0.526. The van der Waals surface area contributed by atoms with Gasteiger partial charge in [-0.25, -0.2) is 18.7 Å². The SMILES string of the molecule is CC(C)=CC(=O)N1CCC(CC(=O)N2CCN(c3nc(N)nc(-c4cnc(N)nc4C(F)F)n3)CC2)CC1. The number of nitrogens with two attached hydrogens (primary N) is 2. The molecule has 2 aromatic heterocycles. The topological polar surface area (TPSA) is 160 Å². The zero-order valence-electron chi connectivity index (χ0n) is 21.5. The summed E-state index contributed by atoms with van der Waals surface area (Å²) in [5.41, 5.74) is 11.6. The van der Waals surface area contributed by atoms with E-state index in [1.165, 1.54) is 0 Å². The summed E-state index contributed by atoms with van der Waals surface area (Å²) >= 11 is 0. The molecule has 204 valence electrons. The fourth-order valence-corrected chi connectivity index (χ4v) is 4.62. The predicted molar refractivity (Wildman–Crippen MR) is 137 cm³/mol. The number of carbonyl (C=O) groups excluding carboxylic acids is 2. The van der Waals surface area contributed by atoms with Crippen LogP contribution in [0.15, 0.2) is 17.8 Å². The van der Waals surface area contributed by atoms with Crippen LogP contribution in [0.4, 0.5) is 26.6 Å². The van der Waals surface area contributed by atoms with Crippen molar-refractivity contribution >= 4 is 29.7 Å². The first-order chi connectivity index (χ1) is 18.1. The molecule has 0 spiro atoms. The van der Waals surface area contributed by atoms with Gasteiger partial charge < -0.3 is 26.2 Å². The number of hydrogen-bond donors (Lipinski definition) is 2. The first-order valence-corrected chi connectivity index (χ1v) is 12.5. The number of alkyl halides is 2. The number of likely N-dealkylation sites (tertiary alicyclic amines) is 1. The van der Waals surface area contributed by atoms with Crippen LogP contribution in [0.2, 0.25) is 0 Å². The summed E-state index contributed by atoms with van der Waals surface area (Å²) in [5.74, 6) is 0.0939. The van der Waals surface area contributed by atoms with Crippen LogP contribution in [0.5, 0.6) is 0 Å². The number of nitrogens with zero attached hydrogens (tertiary/aromatic N) is 8. The standard InChI is InChI=1S/C24H32F2N10O2/c1-14(2)11-17(37)34-5-3-15(4-6-34)12-18(38)35-7-9-36(10-8-35)24-32-21(31-23(28)33-24)16-13-29-22(27)30-19(16)20(25)26/h11,13,15,20H,3-10,12H2,1-2H3,(H2,27,29,30)(H2,28,31,32,33). The molecule has 4 heterocycles. The number of allylic oxidation sites excluding steroid dienone is 1. The highest BCUT2D eigenvalue weighted by atomic mass is 19.3. The largest absolute Gasteiger partial charge is 0.368 e. The van der Waals surface area contributed by atoms with Crippen molar-refractivity contribution in [2.45, 2.75) is 39.5 Å². The minimum absolute atomic E-state index is 0.0300. The van der Waals surface area contributed by atoms with Crippen molar-refractivity contribution < 1.29 is 18.4 Å². The number of piperazine rings is 1. The number of hydrogen-bond acceptors (Lipinski definition) is 10. The molecule has 12 nitrogen and oxygen atoms in total. The van der Waals surface area contributed by atoms with Gasteiger partial charge in [0.25, 0.3) is 6.43 Å². The van der Waals surface area contributed by atoms with E-state index in [4.69, 9.17) is 11.5 Å². The average Bonchev–Trinajstić information content (AvgIpc) is 2.88. The van der Waals surface area contributed by atoms with Crippen molar-refractivity contribution in [1.82, 2.24) is 34.7 Å². The third-order valence-corrected chi connectivity index (χ3v) is 6.64. The fraction of sp³-hybridized carbons (Fsp3) is 0.542. The Bertz CT molecular complexity index is 1200. The molecule has 2 aliphatic rings. The van der Waals surface area contributed by atoms with Crippen molar-refractivity contribution in [2.75, 3.05) is 55.6 Å². The zero-order chi connectivity index (χ0) is 27.4. The number of carbonyl (C=O) groups is 2. The fourth-order valence-electron chi connectivity index (χ4n) is 4.62. The van der Waals surface area contributed by atoms with Crippen LogP contribution in [0, 0.1) is 5.92 Å². The van der Waals surface area contributed by atoms with Crippen LogP contribution < -0.4 is 16.4 Å². The molecule has 2 amide bonds. The summed E-state index contributed by atoms with van der Waals surface area (Å²) in [6.07, 6.45) is 1.93. The van der Waals surface area contributed by atoms with E-state index in [0.29, 0.717) is 45.7 Å². The van der Waals surface area contributed by atoms with Crippen LogP contribution in [-0.2, 0) is 9.59 Å². The Morgan fingerprint density at radius 1 is 0.974 bits per heavy atom. The van der Waals surface area contributed by atoms with E-state index in [2.05, 4.69) is 24.9 Å². The van der Waals surface area contributed by atoms with Gasteiger partial charge in [-0.2, -0.15) is 15.0 Å². The van der Waals surface area contributed by atoms with Crippen molar-refractivity contribution in [3.63, 3.8) is 0 Å². The number of piperidine rings is 1. The number of anilines is 3. The second-order valence-electron chi connectivity index (χ2n) is 9.71. The molecule has 2 fully saturated rings. The molecule has 14 heteroatoms. The van der Waals surface area contributed by atoms with E-state index in [0.717, 1.165) is 24.6 Å². The molecular formula is C24H32F2N10O2. The molecule has 0 unspecified atom stereocenters. The summed E-state index contributed by atoms with van der Waals surface area (Å²) in [5, 5.41) is 0. The van der Waals surface area contributed by atoms with Gasteiger partial charge >= 0.3 is 0 Å². The van der Waals surface area contributed by atoms with Crippen molar-refractivity contribution in [3.05, 3.63) is 23.5 Å². The summed E-state index contributed by atoms with van der Waals surface area (Å²) in [7, 11) is 0. The second-order valence-corrected chi connectivity index (χ2v) is 9.71. The number of amides is 2. The van der Waals surface area contributed by atoms with Gasteiger partial charge in [-0.05, 0) is 32.6 Å². The van der Waals surface area contributed by atoms with Crippen LogP contribution in [-0.4, -0.2) is 85.8 Å². The third-order valence-electron chi connectivity index (χ3n) is 6.64. The Balaban J connectivity index is 1.34. The van der Waals surface area contributed by atoms with E-state index >= 15 is 0 Å². The van der Waals surface area contributed by atoms with E-state index in [1.807, 2.05) is 28.5 Å². The van der Waals surface area contributed by atoms with Gasteiger partial charge in [-0.3, -0.25) is 9.59 Å². The lowest BCUT2D eigenvalue weighted by atomic mass is 9.92. The lowest BCUT2D eigenvalue weighted by Gasteiger charge is -2.36. The van der Waals surface area contributed by atoms with E-state index in [9.17, 15) is 18.4 Å². The minimum Gasteiger partial charge on any atom is -0.368 e. The lowest BCUT2D eigenvalue weighted by Crippen LogP contribution is -2.50. The normalized spacial score (nSPS) is 16.6. The molecule has 0 aliphatic carbocycles. The molecule has 0 aromatic carbocycles. The van der Waals surface area contributed by atoms with Crippen molar-refractivity contribution in [1.29, 1.82) is 0 Å². The Morgan fingerprint density at radius 3 is 2.29 bits per heavy atom. The average molecular weight is 531 g/mol. The third kappa shape index (κ3) is 6.47. The highest BCUT2D eigenvalue weighted by Crippen LogP contribution is 2.29. The molecular weight excluding hydrogens is 498 g/mol. The van der Waals surface area contributed by atoms with Gasteiger partial charge in [-0.1, -0.05) is 5.57 Å². The second kappa shape index (κ2) is 11.6. The summed E-state index contributed by atoms with van der Waals surface area (Å²) in [6.45, 7) is 6.93. The Morgan fingerprint density at radius 2 is 1.66 bits per heavy atom. The molecule has 0 saturated carbocycles. The molecule has 2 aliphatic heterocycles. The zero-order valence-corrected chi connectivity index (χ0v) is 21.5. The summed E-state index contributed by atoms with van der Waals surface area (Å²) in [6, 6.07) is 0. The minimum atomic E-state index is -2.91.